The summed E-state index contributed by atoms with van der Waals surface area (Å²) in [6.45, 7) is 5.51. The van der Waals surface area contributed by atoms with Gasteiger partial charge in [-0.2, -0.15) is 5.26 Å². The lowest BCUT2D eigenvalue weighted by Crippen LogP contribution is -2.30. The fourth-order valence-corrected chi connectivity index (χ4v) is 5.23. The average Bonchev–Trinajstić information content (AvgIpc) is 2.72. The van der Waals surface area contributed by atoms with Crippen LogP contribution in [0.25, 0.3) is 0 Å². The molecule has 156 valence electrons. The Morgan fingerprint density at radius 3 is 2.11 bits per heavy atom. The third kappa shape index (κ3) is 8.15. The summed E-state index contributed by atoms with van der Waals surface area (Å²) in [5.74, 6) is 1.66. The van der Waals surface area contributed by atoms with E-state index in [0.717, 1.165) is 31.8 Å². The maximum Gasteiger partial charge on any atom is 0.0689 e. The van der Waals surface area contributed by atoms with Gasteiger partial charge in [0.25, 0.3) is 0 Å². The number of unbranched alkanes of at least 4 members (excludes halogenated alkanes) is 5. The quantitative estimate of drug-likeness (QED) is 0.326. The predicted octanol–water partition coefficient (Wildman–Crippen LogP) is 7.81. The largest absolute Gasteiger partial charge is 0.378 e. The first-order valence-corrected chi connectivity index (χ1v) is 12.2. The standard InChI is InChI=1S/C25H45NO/c1-3-5-7-8-9-17-25(21-26)18-15-23(16-19-25)20-27-24-13-11-22(12-14-24)10-6-4-2/h22-24H,3-20H2,1-2H3/t22-,23-,24-,25-. The molecule has 0 atom stereocenters. The molecule has 0 aromatic heterocycles. The Labute approximate surface area is 169 Å². The van der Waals surface area contributed by atoms with Gasteiger partial charge in [-0.25, -0.2) is 0 Å². The molecule has 0 aromatic carbocycles. The fraction of sp³-hybridized carbons (Fsp3) is 0.960. The summed E-state index contributed by atoms with van der Waals surface area (Å²) >= 11 is 0. The molecule has 0 amide bonds. The normalized spacial score (nSPS) is 31.5. The van der Waals surface area contributed by atoms with E-state index in [-0.39, 0.29) is 5.41 Å². The van der Waals surface area contributed by atoms with Gasteiger partial charge in [-0.15, -0.1) is 0 Å². The summed E-state index contributed by atoms with van der Waals surface area (Å²) in [5.41, 5.74) is -0.0138. The molecule has 0 aromatic rings. The van der Waals surface area contributed by atoms with Gasteiger partial charge in [0.05, 0.1) is 17.6 Å². The average molecular weight is 376 g/mol. The molecular weight excluding hydrogens is 330 g/mol. The van der Waals surface area contributed by atoms with Crippen molar-refractivity contribution in [2.45, 2.75) is 129 Å². The van der Waals surface area contributed by atoms with Gasteiger partial charge < -0.3 is 4.74 Å². The number of ether oxygens (including phenoxy) is 1. The minimum atomic E-state index is -0.0138. The molecule has 0 spiro atoms. The molecule has 2 aliphatic carbocycles. The van der Waals surface area contributed by atoms with Crippen LogP contribution in [0.1, 0.15) is 123 Å². The van der Waals surface area contributed by atoms with Gasteiger partial charge >= 0.3 is 0 Å². The second-order valence-electron chi connectivity index (χ2n) is 9.62. The Kier molecular flexibility index (Phi) is 10.8. The van der Waals surface area contributed by atoms with Gasteiger partial charge in [0.15, 0.2) is 0 Å². The molecule has 0 heterocycles. The van der Waals surface area contributed by atoms with Gasteiger partial charge in [0, 0.05) is 6.61 Å². The molecule has 0 radical (unpaired) electrons. The number of hydrogen-bond donors (Lipinski definition) is 0. The van der Waals surface area contributed by atoms with Crippen molar-refractivity contribution < 1.29 is 4.74 Å². The maximum atomic E-state index is 9.77. The molecule has 0 N–H and O–H groups in total. The van der Waals surface area contributed by atoms with Gasteiger partial charge in [0.1, 0.15) is 0 Å². The van der Waals surface area contributed by atoms with Crippen LogP contribution < -0.4 is 0 Å². The van der Waals surface area contributed by atoms with Gasteiger partial charge in [0.2, 0.25) is 0 Å². The SMILES string of the molecule is CCCCCCC[C@]1(C#N)CC[C@H](CO[C@H]2CC[C@H](CCCC)CC2)CC1. The Balaban J connectivity index is 1.59. The molecule has 0 bridgehead atoms. The van der Waals surface area contributed by atoms with E-state index in [1.807, 2.05) is 0 Å². The predicted molar refractivity (Wildman–Crippen MR) is 115 cm³/mol. The van der Waals surface area contributed by atoms with Crippen molar-refractivity contribution in [1.29, 1.82) is 5.26 Å². The Bertz CT molecular complexity index is 411. The van der Waals surface area contributed by atoms with Crippen molar-refractivity contribution in [2.24, 2.45) is 17.3 Å². The first-order valence-electron chi connectivity index (χ1n) is 12.2. The van der Waals surface area contributed by atoms with E-state index in [9.17, 15) is 5.26 Å². The second-order valence-corrected chi connectivity index (χ2v) is 9.62. The van der Waals surface area contributed by atoms with Crippen molar-refractivity contribution in [2.75, 3.05) is 6.61 Å². The molecular formula is C25H45NO. The molecule has 0 unspecified atom stereocenters. The molecule has 2 aliphatic rings. The Hall–Kier alpha value is -0.550. The summed E-state index contributed by atoms with van der Waals surface area (Å²) in [4.78, 5) is 0. The van der Waals surface area contributed by atoms with E-state index in [4.69, 9.17) is 4.74 Å². The summed E-state index contributed by atoms with van der Waals surface area (Å²) in [6, 6.07) is 2.72. The van der Waals surface area contributed by atoms with E-state index in [0.29, 0.717) is 12.0 Å². The zero-order chi connectivity index (χ0) is 19.4. The number of rotatable bonds is 12. The van der Waals surface area contributed by atoms with Crippen LogP contribution in [0.15, 0.2) is 0 Å². The lowest BCUT2D eigenvalue weighted by atomic mass is 9.69. The second kappa shape index (κ2) is 12.8. The van der Waals surface area contributed by atoms with Gasteiger partial charge in [-0.05, 0) is 69.6 Å². The van der Waals surface area contributed by atoms with E-state index >= 15 is 0 Å². The lowest BCUT2D eigenvalue weighted by molar-refractivity contribution is -0.0134. The number of hydrogen-bond acceptors (Lipinski definition) is 2. The molecule has 2 fully saturated rings. The molecule has 0 aliphatic heterocycles. The van der Waals surface area contributed by atoms with E-state index < -0.39 is 0 Å². The van der Waals surface area contributed by atoms with Crippen LogP contribution in [0.5, 0.6) is 0 Å². The molecule has 2 nitrogen and oxygen atoms in total. The van der Waals surface area contributed by atoms with Crippen LogP contribution in [-0.4, -0.2) is 12.7 Å². The molecule has 27 heavy (non-hydrogen) atoms. The highest BCUT2D eigenvalue weighted by Gasteiger charge is 2.35. The number of nitriles is 1. The van der Waals surface area contributed by atoms with Crippen molar-refractivity contribution in [3.63, 3.8) is 0 Å². The zero-order valence-corrected chi connectivity index (χ0v) is 18.3. The van der Waals surface area contributed by atoms with Gasteiger partial charge in [-0.1, -0.05) is 65.2 Å². The first kappa shape index (κ1) is 22.7. The number of nitrogens with zero attached hydrogens (tertiary/aromatic N) is 1. The highest BCUT2D eigenvalue weighted by Crippen LogP contribution is 2.42. The summed E-state index contributed by atoms with van der Waals surface area (Å²) in [6.07, 6.45) is 22.3. The van der Waals surface area contributed by atoms with Crippen LogP contribution in [-0.2, 0) is 4.74 Å². The molecule has 2 heteroatoms. The third-order valence-electron chi connectivity index (χ3n) is 7.39. The smallest absolute Gasteiger partial charge is 0.0689 e. The third-order valence-corrected chi connectivity index (χ3v) is 7.39. The lowest BCUT2D eigenvalue weighted by Gasteiger charge is -2.36. The minimum Gasteiger partial charge on any atom is -0.378 e. The molecule has 2 saturated carbocycles. The van der Waals surface area contributed by atoms with Crippen molar-refractivity contribution in [1.82, 2.24) is 0 Å². The summed E-state index contributed by atoms with van der Waals surface area (Å²) < 4.78 is 6.32. The molecule has 0 saturated heterocycles. The van der Waals surface area contributed by atoms with Crippen LogP contribution in [0.4, 0.5) is 0 Å². The monoisotopic (exact) mass is 375 g/mol. The van der Waals surface area contributed by atoms with Crippen molar-refractivity contribution in [3.05, 3.63) is 0 Å². The zero-order valence-electron chi connectivity index (χ0n) is 18.3. The maximum absolute atomic E-state index is 9.77. The molecule has 2 rings (SSSR count). The highest BCUT2D eigenvalue weighted by atomic mass is 16.5. The van der Waals surface area contributed by atoms with Crippen molar-refractivity contribution in [3.8, 4) is 6.07 Å². The van der Waals surface area contributed by atoms with Crippen molar-refractivity contribution >= 4 is 0 Å². The van der Waals surface area contributed by atoms with E-state index in [2.05, 4.69) is 19.9 Å². The topological polar surface area (TPSA) is 33.0 Å². The Morgan fingerprint density at radius 2 is 1.48 bits per heavy atom. The van der Waals surface area contributed by atoms with Crippen LogP contribution in [0.3, 0.4) is 0 Å². The fourth-order valence-electron chi connectivity index (χ4n) is 5.23. The van der Waals surface area contributed by atoms with Crippen LogP contribution in [0.2, 0.25) is 0 Å². The first-order chi connectivity index (χ1) is 13.2. The summed E-state index contributed by atoms with van der Waals surface area (Å²) in [7, 11) is 0. The van der Waals surface area contributed by atoms with Gasteiger partial charge in [-0.3, -0.25) is 0 Å². The van der Waals surface area contributed by atoms with E-state index in [1.54, 1.807) is 0 Å². The minimum absolute atomic E-state index is 0.0138. The Morgan fingerprint density at radius 1 is 0.815 bits per heavy atom. The van der Waals surface area contributed by atoms with Crippen LogP contribution >= 0.6 is 0 Å². The van der Waals surface area contributed by atoms with E-state index in [1.165, 1.54) is 89.9 Å². The van der Waals surface area contributed by atoms with Crippen LogP contribution in [0, 0.1) is 28.6 Å². The highest BCUT2D eigenvalue weighted by molar-refractivity contribution is 5.01. The summed E-state index contributed by atoms with van der Waals surface area (Å²) in [5, 5.41) is 9.77.